The molecule has 6 heteroatoms. The molecule has 230 valence electrons. The second-order valence-electron chi connectivity index (χ2n) is 12.3. The second kappa shape index (κ2) is 10.5. The van der Waals surface area contributed by atoms with Crippen molar-refractivity contribution in [2.24, 2.45) is 0 Å². The van der Waals surface area contributed by atoms with E-state index in [1.807, 2.05) is 34.8 Å². The van der Waals surface area contributed by atoms with Crippen molar-refractivity contribution in [3.63, 3.8) is 0 Å². The predicted molar refractivity (Wildman–Crippen MR) is 213 cm³/mol. The lowest BCUT2D eigenvalue weighted by molar-refractivity contribution is 0.669. The Morgan fingerprint density at radius 3 is 1.90 bits per heavy atom. The van der Waals surface area contributed by atoms with Crippen LogP contribution in [0.3, 0.4) is 0 Å². The van der Waals surface area contributed by atoms with Crippen LogP contribution in [0.25, 0.3) is 83.1 Å². The molecule has 49 heavy (non-hydrogen) atoms. The van der Waals surface area contributed by atoms with E-state index in [0.29, 0.717) is 0 Å². The molecule has 11 rings (SSSR count). The first kappa shape index (κ1) is 27.4. The van der Waals surface area contributed by atoms with Crippen molar-refractivity contribution in [1.29, 1.82) is 0 Å². The number of rotatable bonds is 4. The van der Waals surface area contributed by atoms with Crippen LogP contribution in [0.15, 0.2) is 150 Å². The van der Waals surface area contributed by atoms with Crippen LogP contribution in [-0.2, 0) is 0 Å². The van der Waals surface area contributed by atoms with Gasteiger partial charge in [-0.15, -0.1) is 34.0 Å². The lowest BCUT2D eigenvalue weighted by Gasteiger charge is -2.25. The zero-order valence-corrected chi connectivity index (χ0v) is 28.3. The summed E-state index contributed by atoms with van der Waals surface area (Å²) in [6.07, 6.45) is 0. The molecule has 0 N–H and O–H groups in total. The van der Waals surface area contributed by atoms with Gasteiger partial charge in [0.05, 0.1) is 10.2 Å². The van der Waals surface area contributed by atoms with Crippen LogP contribution in [0.2, 0.25) is 0 Å². The smallest absolute Gasteiger partial charge is 0.137 e. The Hall–Kier alpha value is -5.53. The monoisotopic (exact) mass is 680 g/mol. The highest BCUT2D eigenvalue weighted by Gasteiger charge is 2.20. The fourth-order valence-corrected chi connectivity index (χ4v) is 10.5. The minimum Gasteiger partial charge on any atom is -0.456 e. The summed E-state index contributed by atoms with van der Waals surface area (Å²) in [4.78, 5) is 7.55. The first-order valence-electron chi connectivity index (χ1n) is 16.2. The Labute approximate surface area is 292 Å². The quantitative estimate of drug-likeness (QED) is 0.185. The summed E-state index contributed by atoms with van der Waals surface area (Å²) in [6.45, 7) is 0. The van der Waals surface area contributed by atoms with Crippen molar-refractivity contribution in [1.82, 2.24) is 4.98 Å². The molecule has 7 aromatic carbocycles. The summed E-state index contributed by atoms with van der Waals surface area (Å²) in [6, 6.07) is 52.3. The number of hydrogen-bond donors (Lipinski definition) is 0. The Morgan fingerprint density at radius 1 is 0.429 bits per heavy atom. The van der Waals surface area contributed by atoms with Crippen LogP contribution in [0.1, 0.15) is 0 Å². The molecule has 4 heterocycles. The predicted octanol–water partition coefficient (Wildman–Crippen LogP) is 14.1. The molecule has 0 unspecified atom stereocenters. The van der Waals surface area contributed by atoms with E-state index >= 15 is 0 Å². The van der Waals surface area contributed by atoms with Crippen LogP contribution in [0.4, 0.5) is 17.1 Å². The van der Waals surface area contributed by atoms with E-state index in [-0.39, 0.29) is 0 Å². The van der Waals surface area contributed by atoms with Crippen LogP contribution in [-0.4, -0.2) is 4.98 Å². The standard InChI is InChI=1S/C43H24N2OS3/c1-2-8-25(9-3-1)43-44-42-38(49-43)21-20-37-41(42)33-19-16-28(24-40(33)48-37)45(26-14-17-30-29-10-4-6-12-34(29)46-35(30)22-26)27-15-18-32-31-11-5-7-13-36(31)47-39(32)23-27/h1-24H. The molecule has 0 radical (unpaired) electrons. The van der Waals surface area contributed by atoms with Crippen LogP contribution < -0.4 is 4.90 Å². The highest BCUT2D eigenvalue weighted by molar-refractivity contribution is 7.27. The van der Waals surface area contributed by atoms with E-state index in [2.05, 4.69) is 138 Å². The van der Waals surface area contributed by atoms with Gasteiger partial charge in [0.15, 0.2) is 0 Å². The number of fused-ring (bicyclic) bond motifs is 11. The molecular weight excluding hydrogens is 657 g/mol. The van der Waals surface area contributed by atoms with Gasteiger partial charge in [-0.1, -0.05) is 78.9 Å². The van der Waals surface area contributed by atoms with Crippen LogP contribution in [0, 0.1) is 0 Å². The number of thiophene rings is 2. The van der Waals surface area contributed by atoms with Gasteiger partial charge in [-0.05, 0) is 60.7 Å². The fraction of sp³-hybridized carbons (Fsp3) is 0. The van der Waals surface area contributed by atoms with Crippen molar-refractivity contribution >= 4 is 124 Å². The highest BCUT2D eigenvalue weighted by Crippen LogP contribution is 2.46. The van der Waals surface area contributed by atoms with Crippen LogP contribution in [0.5, 0.6) is 0 Å². The van der Waals surface area contributed by atoms with Gasteiger partial charge in [0.2, 0.25) is 0 Å². The number of aromatic nitrogens is 1. The molecule has 0 saturated heterocycles. The first-order chi connectivity index (χ1) is 24.2. The zero-order valence-electron chi connectivity index (χ0n) is 25.9. The van der Waals surface area contributed by atoms with Crippen molar-refractivity contribution in [3.8, 4) is 10.6 Å². The van der Waals surface area contributed by atoms with Gasteiger partial charge >= 0.3 is 0 Å². The Kier molecular flexibility index (Phi) is 5.87. The van der Waals surface area contributed by atoms with Crippen LogP contribution >= 0.6 is 34.0 Å². The summed E-state index contributed by atoms with van der Waals surface area (Å²) in [5.41, 5.74) is 7.31. The fourth-order valence-electron chi connectivity index (χ4n) is 7.24. The molecule has 0 aliphatic carbocycles. The largest absolute Gasteiger partial charge is 0.456 e. The molecule has 0 fully saturated rings. The first-order valence-corrected chi connectivity index (χ1v) is 18.6. The number of benzene rings is 7. The number of anilines is 3. The highest BCUT2D eigenvalue weighted by atomic mass is 32.1. The number of furan rings is 1. The molecule has 3 nitrogen and oxygen atoms in total. The molecule has 4 aromatic heterocycles. The van der Waals surface area contributed by atoms with E-state index in [9.17, 15) is 0 Å². The van der Waals surface area contributed by atoms with Gasteiger partial charge in [0, 0.05) is 79.8 Å². The van der Waals surface area contributed by atoms with Gasteiger partial charge in [-0.25, -0.2) is 4.98 Å². The number of nitrogens with zero attached hydrogens (tertiary/aromatic N) is 2. The molecule has 0 spiro atoms. The Morgan fingerprint density at radius 2 is 1.04 bits per heavy atom. The summed E-state index contributed by atoms with van der Waals surface area (Å²) >= 11 is 5.44. The molecule has 0 atom stereocenters. The topological polar surface area (TPSA) is 29.3 Å². The minimum atomic E-state index is 0.884. The van der Waals surface area contributed by atoms with Crippen molar-refractivity contribution < 1.29 is 4.42 Å². The number of hydrogen-bond acceptors (Lipinski definition) is 6. The number of para-hydroxylation sites is 1. The van der Waals surface area contributed by atoms with Gasteiger partial charge in [0.1, 0.15) is 16.2 Å². The van der Waals surface area contributed by atoms with Gasteiger partial charge in [-0.3, -0.25) is 0 Å². The molecule has 0 aliphatic rings. The molecule has 0 amide bonds. The third kappa shape index (κ3) is 4.21. The second-order valence-corrected chi connectivity index (χ2v) is 15.5. The summed E-state index contributed by atoms with van der Waals surface area (Å²) in [5.74, 6) is 0. The van der Waals surface area contributed by atoms with Crippen molar-refractivity contribution in [2.45, 2.75) is 0 Å². The van der Waals surface area contributed by atoms with Gasteiger partial charge < -0.3 is 9.32 Å². The maximum absolute atomic E-state index is 6.38. The molecule has 11 aromatic rings. The van der Waals surface area contributed by atoms with Crippen molar-refractivity contribution in [2.75, 3.05) is 4.90 Å². The maximum Gasteiger partial charge on any atom is 0.137 e. The Bertz CT molecular complexity index is 2960. The van der Waals surface area contributed by atoms with Gasteiger partial charge in [-0.2, -0.15) is 0 Å². The van der Waals surface area contributed by atoms with E-state index in [1.165, 1.54) is 45.0 Å². The SMILES string of the molecule is c1ccc(-c2nc3c(ccc4sc5cc(N(c6ccc7c(c6)oc6ccccc67)c6ccc7c(c6)sc6ccccc67)ccc5c43)s2)cc1. The average Bonchev–Trinajstić information content (AvgIpc) is 3.92. The van der Waals surface area contributed by atoms with E-state index in [0.717, 1.165) is 55.1 Å². The third-order valence-electron chi connectivity index (χ3n) is 9.50. The third-order valence-corrected chi connectivity index (χ3v) is 12.8. The normalized spacial score (nSPS) is 12.1. The van der Waals surface area contributed by atoms with Crippen molar-refractivity contribution in [3.05, 3.63) is 146 Å². The zero-order chi connectivity index (χ0) is 32.1. The van der Waals surface area contributed by atoms with E-state index in [4.69, 9.17) is 9.40 Å². The summed E-state index contributed by atoms with van der Waals surface area (Å²) in [5, 5.41) is 8.40. The maximum atomic E-state index is 6.38. The summed E-state index contributed by atoms with van der Waals surface area (Å²) in [7, 11) is 0. The van der Waals surface area contributed by atoms with E-state index in [1.54, 1.807) is 11.3 Å². The lowest BCUT2D eigenvalue weighted by atomic mass is 10.1. The molecule has 0 aliphatic heterocycles. The number of thiazole rings is 1. The minimum absolute atomic E-state index is 0.884. The van der Waals surface area contributed by atoms with Gasteiger partial charge in [0.25, 0.3) is 0 Å². The average molecular weight is 681 g/mol. The Balaban J connectivity index is 1.11. The molecule has 0 bridgehead atoms. The van der Waals surface area contributed by atoms with E-state index < -0.39 is 0 Å². The molecule has 0 saturated carbocycles. The lowest BCUT2D eigenvalue weighted by Crippen LogP contribution is -2.09. The molecular formula is C43H24N2OS3. The summed E-state index contributed by atoms with van der Waals surface area (Å²) < 4.78 is 12.7.